The molecular formula is C21H26ClN3O3S. The number of nitrogens with zero attached hydrogens (tertiary/aromatic N) is 2. The predicted octanol–water partition coefficient (Wildman–Crippen LogP) is 3.32. The Morgan fingerprint density at radius 2 is 2.10 bits per heavy atom. The Morgan fingerprint density at radius 1 is 1.24 bits per heavy atom. The summed E-state index contributed by atoms with van der Waals surface area (Å²) in [7, 11) is 0. The Kier molecular flexibility index (Phi) is 8.03. The largest absolute Gasteiger partial charge is 0.490 e. The average Bonchev–Trinajstić information content (AvgIpc) is 2.99. The van der Waals surface area contributed by atoms with Crippen molar-refractivity contribution in [2.75, 3.05) is 38.6 Å². The highest BCUT2D eigenvalue weighted by Crippen LogP contribution is 2.34. The predicted molar refractivity (Wildman–Crippen MR) is 116 cm³/mol. The van der Waals surface area contributed by atoms with Gasteiger partial charge in [-0.05, 0) is 29.8 Å². The quantitative estimate of drug-likeness (QED) is 0.727. The van der Waals surface area contributed by atoms with Gasteiger partial charge in [0.2, 0.25) is 5.91 Å². The van der Waals surface area contributed by atoms with E-state index in [1.807, 2.05) is 41.4 Å². The smallest absolute Gasteiger partial charge is 0.224 e. The van der Waals surface area contributed by atoms with Gasteiger partial charge in [-0.2, -0.15) is 0 Å². The van der Waals surface area contributed by atoms with Crippen molar-refractivity contribution in [3.8, 4) is 11.5 Å². The Labute approximate surface area is 181 Å². The molecule has 1 N–H and O–H groups in total. The molecule has 0 spiro atoms. The first-order valence-electron chi connectivity index (χ1n) is 9.74. The molecular weight excluding hydrogens is 410 g/mol. The molecule has 2 aliphatic rings. The van der Waals surface area contributed by atoms with Crippen molar-refractivity contribution in [3.05, 3.63) is 48.3 Å². The van der Waals surface area contributed by atoms with Crippen LogP contribution in [-0.4, -0.2) is 54.4 Å². The van der Waals surface area contributed by atoms with Gasteiger partial charge in [-0.3, -0.25) is 9.78 Å². The minimum Gasteiger partial charge on any atom is -0.490 e. The van der Waals surface area contributed by atoms with E-state index in [2.05, 4.69) is 10.3 Å². The van der Waals surface area contributed by atoms with E-state index in [0.717, 1.165) is 53.8 Å². The molecule has 29 heavy (non-hydrogen) atoms. The second-order valence-electron chi connectivity index (χ2n) is 6.85. The third-order valence-electron chi connectivity index (χ3n) is 4.94. The molecule has 2 aliphatic heterocycles. The highest BCUT2D eigenvalue weighted by atomic mass is 35.5. The lowest BCUT2D eigenvalue weighted by Crippen LogP contribution is -2.48. The van der Waals surface area contributed by atoms with Crippen LogP contribution in [-0.2, 0) is 4.79 Å². The maximum atomic E-state index is 12.9. The van der Waals surface area contributed by atoms with Crippen molar-refractivity contribution in [1.82, 2.24) is 15.2 Å². The molecule has 1 atom stereocenters. The van der Waals surface area contributed by atoms with Gasteiger partial charge in [-0.15, -0.1) is 24.2 Å². The molecule has 1 fully saturated rings. The topological polar surface area (TPSA) is 63.7 Å². The number of halogens is 1. The molecule has 0 radical (unpaired) electrons. The van der Waals surface area contributed by atoms with Gasteiger partial charge in [0, 0.05) is 55.5 Å². The molecule has 156 valence electrons. The highest BCUT2D eigenvalue weighted by molar-refractivity contribution is 7.99. The van der Waals surface area contributed by atoms with Crippen LogP contribution in [0.4, 0.5) is 0 Å². The monoisotopic (exact) mass is 435 g/mol. The number of carbonyl (C=O) groups excluding carboxylic acids is 1. The summed E-state index contributed by atoms with van der Waals surface area (Å²) in [6.45, 7) is 3.70. The Balaban J connectivity index is 0.00000240. The van der Waals surface area contributed by atoms with Crippen molar-refractivity contribution in [2.24, 2.45) is 0 Å². The number of pyridine rings is 1. The first-order valence-corrected chi connectivity index (χ1v) is 10.7. The number of nitrogens with one attached hydrogen (secondary N) is 1. The number of amides is 1. The first-order chi connectivity index (χ1) is 13.8. The van der Waals surface area contributed by atoms with Gasteiger partial charge in [0.15, 0.2) is 11.5 Å². The molecule has 3 heterocycles. The molecule has 1 unspecified atom stereocenters. The number of ether oxygens (including phenoxy) is 2. The van der Waals surface area contributed by atoms with Gasteiger partial charge in [0.1, 0.15) is 0 Å². The molecule has 1 saturated heterocycles. The molecule has 2 aromatic rings. The van der Waals surface area contributed by atoms with Crippen LogP contribution < -0.4 is 14.8 Å². The molecule has 4 rings (SSSR count). The molecule has 1 amide bonds. The van der Waals surface area contributed by atoms with Crippen molar-refractivity contribution in [1.29, 1.82) is 0 Å². The number of benzene rings is 1. The summed E-state index contributed by atoms with van der Waals surface area (Å²) < 4.78 is 11.4. The van der Waals surface area contributed by atoms with Crippen LogP contribution in [0.25, 0.3) is 0 Å². The maximum absolute atomic E-state index is 12.9. The summed E-state index contributed by atoms with van der Waals surface area (Å²) in [6, 6.07) is 10.0. The maximum Gasteiger partial charge on any atom is 0.224 e. The minimum atomic E-state index is 0. The summed E-state index contributed by atoms with van der Waals surface area (Å²) in [5.41, 5.74) is 1.08. The second kappa shape index (κ2) is 10.7. The zero-order valence-corrected chi connectivity index (χ0v) is 17.8. The van der Waals surface area contributed by atoms with Crippen LogP contribution in [0.5, 0.6) is 11.5 Å². The van der Waals surface area contributed by atoms with Crippen molar-refractivity contribution < 1.29 is 14.3 Å². The van der Waals surface area contributed by atoms with E-state index in [-0.39, 0.29) is 24.4 Å². The second-order valence-corrected chi connectivity index (χ2v) is 8.02. The normalized spacial score (nSPS) is 18.5. The van der Waals surface area contributed by atoms with E-state index < -0.39 is 0 Å². The van der Waals surface area contributed by atoms with Gasteiger partial charge in [-0.1, -0.05) is 6.07 Å². The number of thioether (sulfide) groups is 1. The fourth-order valence-electron chi connectivity index (χ4n) is 3.51. The molecule has 0 bridgehead atoms. The lowest BCUT2D eigenvalue weighted by molar-refractivity contribution is -0.134. The number of fused-ring (bicyclic) bond motifs is 1. The van der Waals surface area contributed by atoms with Gasteiger partial charge >= 0.3 is 0 Å². The Hall–Kier alpha value is -1.96. The number of piperazine rings is 1. The molecule has 6 nitrogen and oxygen atoms in total. The third kappa shape index (κ3) is 5.56. The lowest BCUT2D eigenvalue weighted by atomic mass is 10.1. The first kappa shape index (κ1) is 21.7. The van der Waals surface area contributed by atoms with Gasteiger partial charge < -0.3 is 19.7 Å². The van der Waals surface area contributed by atoms with Crippen molar-refractivity contribution >= 4 is 30.1 Å². The van der Waals surface area contributed by atoms with Crippen LogP contribution in [0, 0.1) is 0 Å². The summed E-state index contributed by atoms with van der Waals surface area (Å²) in [5.74, 6) is 2.53. The highest BCUT2D eigenvalue weighted by Gasteiger charge is 2.27. The zero-order chi connectivity index (χ0) is 19.2. The van der Waals surface area contributed by atoms with Crippen LogP contribution in [0.2, 0.25) is 0 Å². The van der Waals surface area contributed by atoms with Gasteiger partial charge in [0.25, 0.3) is 0 Å². The van der Waals surface area contributed by atoms with Crippen LogP contribution >= 0.6 is 24.2 Å². The summed E-state index contributed by atoms with van der Waals surface area (Å²) in [5, 5.41) is 3.38. The van der Waals surface area contributed by atoms with E-state index in [0.29, 0.717) is 19.6 Å². The molecule has 0 saturated carbocycles. The number of hydrogen-bond acceptors (Lipinski definition) is 6. The zero-order valence-electron chi connectivity index (χ0n) is 16.2. The fraction of sp³-hybridized carbons (Fsp3) is 0.429. The average molecular weight is 436 g/mol. The standard InChI is InChI=1S/C21H25N3O3S.ClH/c25-21(24-9-8-23-15-18(24)16-3-1-7-22-14-16)6-12-28-17-4-5-19-20(13-17)27-11-2-10-26-19;/h1,3-5,7,13-14,18,23H,2,6,8-12,15H2;1H. The summed E-state index contributed by atoms with van der Waals surface area (Å²) >= 11 is 1.68. The number of aromatic nitrogens is 1. The lowest BCUT2D eigenvalue weighted by Gasteiger charge is -2.36. The van der Waals surface area contributed by atoms with E-state index >= 15 is 0 Å². The van der Waals surface area contributed by atoms with E-state index in [1.165, 1.54) is 0 Å². The number of carbonyl (C=O) groups is 1. The van der Waals surface area contributed by atoms with Gasteiger partial charge in [0.05, 0.1) is 19.3 Å². The number of hydrogen-bond donors (Lipinski definition) is 1. The summed E-state index contributed by atoms with van der Waals surface area (Å²) in [4.78, 5) is 20.2. The summed E-state index contributed by atoms with van der Waals surface area (Å²) in [6.07, 6.45) is 5.02. The molecule has 1 aromatic carbocycles. The van der Waals surface area contributed by atoms with Gasteiger partial charge in [-0.25, -0.2) is 0 Å². The fourth-order valence-corrected chi connectivity index (χ4v) is 4.37. The SMILES string of the molecule is Cl.O=C(CCSc1ccc2c(c1)OCCCO2)N1CCNCC1c1cccnc1. The molecule has 8 heteroatoms. The van der Waals surface area contributed by atoms with Crippen molar-refractivity contribution in [2.45, 2.75) is 23.8 Å². The van der Waals surface area contributed by atoms with Crippen LogP contribution in [0.15, 0.2) is 47.6 Å². The Bertz CT molecular complexity index is 809. The van der Waals surface area contributed by atoms with Crippen LogP contribution in [0.1, 0.15) is 24.4 Å². The minimum absolute atomic E-state index is 0. The van der Waals surface area contributed by atoms with E-state index in [1.54, 1.807) is 18.0 Å². The third-order valence-corrected chi connectivity index (χ3v) is 5.93. The van der Waals surface area contributed by atoms with E-state index in [4.69, 9.17) is 9.47 Å². The Morgan fingerprint density at radius 3 is 2.93 bits per heavy atom. The number of rotatable bonds is 5. The van der Waals surface area contributed by atoms with E-state index in [9.17, 15) is 4.79 Å². The van der Waals surface area contributed by atoms with Crippen LogP contribution in [0.3, 0.4) is 0 Å². The molecule has 0 aliphatic carbocycles. The molecule has 1 aromatic heterocycles. The van der Waals surface area contributed by atoms with Crippen molar-refractivity contribution in [3.63, 3.8) is 0 Å².